The van der Waals surface area contributed by atoms with Crippen LogP contribution in [0.1, 0.15) is 11.4 Å². The second kappa shape index (κ2) is 8.99. The van der Waals surface area contributed by atoms with E-state index in [9.17, 15) is 10.1 Å². The molecule has 6 nitrogen and oxygen atoms in total. The molecule has 34 heavy (non-hydrogen) atoms. The Morgan fingerprint density at radius 1 is 1.00 bits per heavy atom. The summed E-state index contributed by atoms with van der Waals surface area (Å²) in [4.78, 5) is 19.8. The van der Waals surface area contributed by atoms with Gasteiger partial charge in [-0.1, -0.05) is 53.5 Å². The van der Waals surface area contributed by atoms with Gasteiger partial charge in [-0.05, 0) is 48.5 Å². The van der Waals surface area contributed by atoms with Gasteiger partial charge in [0.15, 0.2) is 5.82 Å². The number of hydrogen-bond donors (Lipinski definition) is 1. The lowest BCUT2D eigenvalue weighted by atomic mass is 10.1. The van der Waals surface area contributed by atoms with Crippen LogP contribution in [0.25, 0.3) is 39.5 Å². The Balaban J connectivity index is 1.68. The average molecular weight is 484 g/mol. The molecule has 0 saturated heterocycles. The lowest BCUT2D eigenvalue weighted by molar-refractivity contribution is 0.884. The summed E-state index contributed by atoms with van der Waals surface area (Å²) in [7, 11) is 0. The number of nitriles is 1. The van der Waals surface area contributed by atoms with Crippen LogP contribution in [0.2, 0.25) is 10.0 Å². The molecule has 0 aliphatic carbocycles. The van der Waals surface area contributed by atoms with Crippen LogP contribution in [0.4, 0.5) is 0 Å². The zero-order valence-corrected chi connectivity index (χ0v) is 19.0. The number of hydrogen-bond acceptors (Lipinski definition) is 4. The topological polar surface area (TPSA) is 87.4 Å². The zero-order chi connectivity index (χ0) is 23.7. The summed E-state index contributed by atoms with van der Waals surface area (Å²) in [5, 5.41) is 16.1. The third kappa shape index (κ3) is 4.23. The van der Waals surface area contributed by atoms with Crippen LogP contribution >= 0.6 is 23.2 Å². The molecule has 0 amide bonds. The molecule has 0 unspecified atom stereocenters. The largest absolute Gasteiger partial charge is 0.305 e. The van der Waals surface area contributed by atoms with Crippen LogP contribution in [0, 0.1) is 11.3 Å². The Morgan fingerprint density at radius 3 is 2.47 bits per heavy atom. The van der Waals surface area contributed by atoms with E-state index >= 15 is 0 Å². The fourth-order valence-electron chi connectivity index (χ4n) is 3.59. The maximum Gasteiger partial charge on any atom is 0.259 e. The van der Waals surface area contributed by atoms with E-state index in [2.05, 4.69) is 16.0 Å². The number of rotatable bonds is 4. The molecule has 8 heteroatoms. The lowest BCUT2D eigenvalue weighted by Crippen LogP contribution is -2.11. The quantitative estimate of drug-likeness (QED) is 0.310. The van der Waals surface area contributed by atoms with Crippen LogP contribution in [-0.2, 0) is 0 Å². The third-order valence-electron chi connectivity index (χ3n) is 5.22. The molecule has 3 aromatic carbocycles. The van der Waals surface area contributed by atoms with Gasteiger partial charge in [-0.15, -0.1) is 0 Å². The van der Waals surface area contributed by atoms with Gasteiger partial charge in [0.25, 0.3) is 5.56 Å². The highest BCUT2D eigenvalue weighted by Crippen LogP contribution is 2.28. The molecule has 0 saturated carbocycles. The van der Waals surface area contributed by atoms with Gasteiger partial charge in [-0.2, -0.15) is 10.4 Å². The SMILES string of the molecule is N#CC(=Cc1cn(-c2ccccc2)nc1-c1ccc(Cl)cc1)c1nc2ccc(Cl)cc2c(=O)[nH]1. The van der Waals surface area contributed by atoms with Crippen molar-refractivity contribution in [2.24, 2.45) is 0 Å². The van der Waals surface area contributed by atoms with Crippen LogP contribution < -0.4 is 5.56 Å². The second-order valence-corrected chi connectivity index (χ2v) is 8.34. The summed E-state index contributed by atoms with van der Waals surface area (Å²) in [6.07, 6.45) is 3.49. The van der Waals surface area contributed by atoms with Crippen molar-refractivity contribution in [1.29, 1.82) is 5.26 Å². The zero-order valence-electron chi connectivity index (χ0n) is 17.5. The Bertz CT molecular complexity index is 1650. The number of nitrogens with zero attached hydrogens (tertiary/aromatic N) is 4. The molecule has 2 aromatic heterocycles. The first kappa shape index (κ1) is 21.7. The highest BCUT2D eigenvalue weighted by atomic mass is 35.5. The van der Waals surface area contributed by atoms with Crippen molar-refractivity contribution in [1.82, 2.24) is 19.7 Å². The van der Waals surface area contributed by atoms with E-state index in [1.54, 1.807) is 41.1 Å². The molecule has 2 heterocycles. The first-order valence-corrected chi connectivity index (χ1v) is 11.0. The highest BCUT2D eigenvalue weighted by Gasteiger charge is 2.15. The normalized spacial score (nSPS) is 11.5. The molecule has 1 N–H and O–H groups in total. The number of fused-ring (bicyclic) bond motifs is 1. The van der Waals surface area contributed by atoms with Crippen molar-refractivity contribution in [2.75, 3.05) is 0 Å². The molecule has 0 radical (unpaired) electrons. The lowest BCUT2D eigenvalue weighted by Gasteiger charge is -2.03. The Morgan fingerprint density at radius 2 is 1.74 bits per heavy atom. The summed E-state index contributed by atoms with van der Waals surface area (Å²) in [6, 6.07) is 23.9. The van der Waals surface area contributed by atoms with Crippen molar-refractivity contribution in [3.63, 3.8) is 0 Å². The third-order valence-corrected chi connectivity index (χ3v) is 5.71. The number of benzene rings is 3. The van der Waals surface area contributed by atoms with Crippen molar-refractivity contribution in [2.45, 2.75) is 0 Å². The summed E-state index contributed by atoms with van der Waals surface area (Å²) in [6.45, 7) is 0. The van der Waals surface area contributed by atoms with Crippen LogP contribution in [0.15, 0.2) is 83.8 Å². The summed E-state index contributed by atoms with van der Waals surface area (Å²) >= 11 is 12.1. The second-order valence-electron chi connectivity index (χ2n) is 7.47. The molecule has 164 valence electrons. The van der Waals surface area contributed by atoms with Gasteiger partial charge in [0, 0.05) is 27.4 Å². The summed E-state index contributed by atoms with van der Waals surface area (Å²) < 4.78 is 1.74. The van der Waals surface area contributed by atoms with Crippen molar-refractivity contribution >= 4 is 45.8 Å². The smallest absolute Gasteiger partial charge is 0.259 e. The minimum Gasteiger partial charge on any atom is -0.305 e. The predicted octanol–water partition coefficient (Wildman–Crippen LogP) is 6.15. The number of aromatic nitrogens is 4. The van der Waals surface area contributed by atoms with E-state index in [-0.39, 0.29) is 17.0 Å². The van der Waals surface area contributed by atoms with E-state index < -0.39 is 0 Å². The van der Waals surface area contributed by atoms with Gasteiger partial charge in [-0.3, -0.25) is 4.79 Å². The molecule has 0 spiro atoms. The standard InChI is InChI=1S/C26H15Cl2N5O/c27-19-8-6-16(7-9-19)24-18(15-33(32-24)21-4-2-1-3-5-21)12-17(14-29)25-30-23-11-10-20(28)13-22(23)26(34)31-25/h1-13,15H,(H,30,31,34). The van der Waals surface area contributed by atoms with E-state index in [4.69, 9.17) is 28.3 Å². The fraction of sp³-hybridized carbons (Fsp3) is 0. The monoisotopic (exact) mass is 483 g/mol. The van der Waals surface area contributed by atoms with Crippen LogP contribution in [0.3, 0.4) is 0 Å². The van der Waals surface area contributed by atoms with Gasteiger partial charge in [0.2, 0.25) is 0 Å². The first-order chi connectivity index (χ1) is 16.5. The molecule has 5 aromatic rings. The number of aromatic amines is 1. The summed E-state index contributed by atoms with van der Waals surface area (Å²) in [5.41, 5.74) is 3.30. The number of halogens is 2. The van der Waals surface area contributed by atoms with Gasteiger partial charge < -0.3 is 4.98 Å². The maximum atomic E-state index is 12.6. The molecular formula is C26H15Cl2N5O. The Labute approximate surface area is 204 Å². The van der Waals surface area contributed by atoms with E-state index in [0.717, 1.165) is 11.3 Å². The van der Waals surface area contributed by atoms with Crippen LogP contribution in [0.5, 0.6) is 0 Å². The number of nitrogens with one attached hydrogen (secondary N) is 1. The van der Waals surface area contributed by atoms with Gasteiger partial charge in [-0.25, -0.2) is 9.67 Å². The van der Waals surface area contributed by atoms with Crippen molar-refractivity contribution < 1.29 is 0 Å². The Kier molecular flexibility index (Phi) is 5.72. The fourth-order valence-corrected chi connectivity index (χ4v) is 3.88. The first-order valence-electron chi connectivity index (χ1n) is 10.2. The molecule has 0 bridgehead atoms. The molecule has 0 aliphatic heterocycles. The van der Waals surface area contributed by atoms with Gasteiger partial charge >= 0.3 is 0 Å². The maximum absolute atomic E-state index is 12.6. The average Bonchev–Trinajstić information content (AvgIpc) is 3.28. The molecular weight excluding hydrogens is 469 g/mol. The number of H-pyrrole nitrogens is 1. The highest BCUT2D eigenvalue weighted by molar-refractivity contribution is 6.31. The molecule has 0 fully saturated rings. The van der Waals surface area contributed by atoms with Crippen LogP contribution in [-0.4, -0.2) is 19.7 Å². The minimum atomic E-state index is -0.374. The molecule has 0 atom stereocenters. The molecule has 5 rings (SSSR count). The van der Waals surface area contributed by atoms with Gasteiger partial charge in [0.1, 0.15) is 6.07 Å². The number of allylic oxidation sites excluding steroid dienone is 1. The molecule has 0 aliphatic rings. The minimum absolute atomic E-state index is 0.164. The van der Waals surface area contributed by atoms with Crippen molar-refractivity contribution in [3.05, 3.63) is 111 Å². The summed E-state index contributed by atoms with van der Waals surface area (Å²) in [5.74, 6) is 0.164. The van der Waals surface area contributed by atoms with E-state index in [0.29, 0.717) is 32.2 Å². The Hall–Kier alpha value is -4.18. The van der Waals surface area contributed by atoms with Gasteiger partial charge in [0.05, 0.1) is 27.9 Å². The number of para-hydroxylation sites is 1. The van der Waals surface area contributed by atoms with E-state index in [1.165, 1.54) is 0 Å². The predicted molar refractivity (Wildman–Crippen MR) is 135 cm³/mol. The van der Waals surface area contributed by atoms with E-state index in [1.807, 2.05) is 48.7 Å². The van der Waals surface area contributed by atoms with Crippen molar-refractivity contribution in [3.8, 4) is 23.0 Å².